The fourth-order valence-corrected chi connectivity index (χ4v) is 3.61. The lowest BCUT2D eigenvalue weighted by Gasteiger charge is -2.15. The Bertz CT molecular complexity index is 925. The maximum absolute atomic E-state index is 13.5. The highest BCUT2D eigenvalue weighted by molar-refractivity contribution is 14.0. The number of hydrogen-bond donors (Lipinski definition) is 3. The van der Waals surface area contributed by atoms with Gasteiger partial charge in [-0.2, -0.15) is 11.8 Å². The molecule has 0 aromatic heterocycles. The Morgan fingerprint density at radius 1 is 1.16 bits per heavy atom. The smallest absolute Gasteiger partial charge is 0.258 e. The number of ether oxygens (including phenoxy) is 1. The van der Waals surface area contributed by atoms with E-state index in [1.54, 1.807) is 30.9 Å². The van der Waals surface area contributed by atoms with E-state index in [4.69, 9.17) is 4.74 Å². The maximum Gasteiger partial charge on any atom is 0.258 e. The van der Waals surface area contributed by atoms with Crippen molar-refractivity contribution in [2.45, 2.75) is 37.7 Å². The van der Waals surface area contributed by atoms with Crippen LogP contribution in [0.5, 0.6) is 5.75 Å². The van der Waals surface area contributed by atoms with Crippen molar-refractivity contribution in [2.24, 2.45) is 4.99 Å². The Kier molecular flexibility index (Phi) is 11.1. The van der Waals surface area contributed by atoms with Gasteiger partial charge >= 0.3 is 0 Å². The molecule has 2 aromatic rings. The standard InChI is InChI=1S/C23H29FN4O2S.HI/c1-25-23(27-13-17-6-7-19(24)11-18(17)15-31-2)26-12-16-4-3-5-21(10-16)30-14-22(29)28-20-8-9-20;/h3-7,10-11,20H,8-9,12-15H2,1-2H3,(H,28,29)(H2,25,26,27);1H. The molecule has 2 aromatic carbocycles. The summed E-state index contributed by atoms with van der Waals surface area (Å²) in [5.41, 5.74) is 3.03. The third-order valence-electron chi connectivity index (χ3n) is 4.81. The van der Waals surface area contributed by atoms with E-state index >= 15 is 0 Å². The van der Waals surface area contributed by atoms with Crippen molar-refractivity contribution in [3.05, 3.63) is 65.0 Å². The van der Waals surface area contributed by atoms with Crippen LogP contribution in [-0.2, 0) is 23.6 Å². The summed E-state index contributed by atoms with van der Waals surface area (Å²) < 4.78 is 19.1. The number of nitrogens with zero attached hydrogens (tertiary/aromatic N) is 1. The van der Waals surface area contributed by atoms with Crippen LogP contribution in [0.3, 0.4) is 0 Å². The van der Waals surface area contributed by atoms with Crippen LogP contribution in [0.2, 0.25) is 0 Å². The first-order chi connectivity index (χ1) is 15.1. The van der Waals surface area contributed by atoms with Crippen LogP contribution >= 0.6 is 35.7 Å². The number of carbonyl (C=O) groups is 1. The summed E-state index contributed by atoms with van der Waals surface area (Å²) in [4.78, 5) is 16.0. The topological polar surface area (TPSA) is 74.8 Å². The summed E-state index contributed by atoms with van der Waals surface area (Å²) >= 11 is 1.66. The molecule has 0 unspecified atom stereocenters. The molecule has 1 amide bonds. The van der Waals surface area contributed by atoms with Crippen LogP contribution in [0.4, 0.5) is 4.39 Å². The van der Waals surface area contributed by atoms with Gasteiger partial charge in [0.2, 0.25) is 0 Å². The van der Waals surface area contributed by atoms with Crippen LogP contribution in [0, 0.1) is 5.82 Å². The predicted molar refractivity (Wildman–Crippen MR) is 139 cm³/mol. The SMILES string of the molecule is CN=C(NCc1cccc(OCC(=O)NC2CC2)c1)NCc1ccc(F)cc1CSC.I. The van der Waals surface area contributed by atoms with Gasteiger partial charge in [0, 0.05) is 31.9 Å². The lowest BCUT2D eigenvalue weighted by molar-refractivity contribution is -0.123. The van der Waals surface area contributed by atoms with Gasteiger partial charge in [0.15, 0.2) is 12.6 Å². The predicted octanol–water partition coefficient (Wildman–Crippen LogP) is 3.83. The molecule has 1 saturated carbocycles. The Hall–Kier alpha value is -2.01. The monoisotopic (exact) mass is 572 g/mol. The zero-order valence-electron chi connectivity index (χ0n) is 18.3. The lowest BCUT2D eigenvalue weighted by Crippen LogP contribution is -2.36. The summed E-state index contributed by atoms with van der Waals surface area (Å²) in [7, 11) is 1.71. The zero-order chi connectivity index (χ0) is 22.1. The number of amides is 1. The minimum atomic E-state index is -0.220. The molecule has 0 heterocycles. The maximum atomic E-state index is 13.5. The Labute approximate surface area is 210 Å². The largest absolute Gasteiger partial charge is 0.484 e. The molecule has 1 aliphatic rings. The molecule has 3 N–H and O–H groups in total. The van der Waals surface area contributed by atoms with Crippen LogP contribution in [0.15, 0.2) is 47.5 Å². The van der Waals surface area contributed by atoms with E-state index < -0.39 is 0 Å². The minimum Gasteiger partial charge on any atom is -0.484 e. The molecular weight excluding hydrogens is 542 g/mol. The molecule has 1 fully saturated rings. The van der Waals surface area contributed by atoms with E-state index in [9.17, 15) is 9.18 Å². The number of benzene rings is 2. The first-order valence-corrected chi connectivity index (χ1v) is 11.7. The van der Waals surface area contributed by atoms with Gasteiger partial charge in [-0.3, -0.25) is 9.79 Å². The van der Waals surface area contributed by atoms with E-state index in [2.05, 4.69) is 20.9 Å². The van der Waals surface area contributed by atoms with Gasteiger partial charge in [0.25, 0.3) is 5.91 Å². The molecule has 6 nitrogen and oxygen atoms in total. The van der Waals surface area contributed by atoms with Crippen LogP contribution in [0.1, 0.15) is 29.5 Å². The van der Waals surface area contributed by atoms with Crippen molar-refractivity contribution < 1.29 is 13.9 Å². The van der Waals surface area contributed by atoms with Gasteiger partial charge in [-0.15, -0.1) is 24.0 Å². The summed E-state index contributed by atoms with van der Waals surface area (Å²) in [5, 5.41) is 9.45. The Morgan fingerprint density at radius 2 is 1.94 bits per heavy atom. The normalized spacial score (nSPS) is 13.2. The highest BCUT2D eigenvalue weighted by Crippen LogP contribution is 2.19. The molecule has 1 aliphatic carbocycles. The minimum absolute atomic E-state index is 0. The summed E-state index contributed by atoms with van der Waals surface area (Å²) in [5.74, 6) is 1.75. The van der Waals surface area contributed by atoms with Gasteiger partial charge in [-0.25, -0.2) is 4.39 Å². The molecule has 0 bridgehead atoms. The van der Waals surface area contributed by atoms with Crippen molar-refractivity contribution in [1.29, 1.82) is 0 Å². The number of guanidine groups is 1. The molecule has 32 heavy (non-hydrogen) atoms. The fourth-order valence-electron chi connectivity index (χ4n) is 3.03. The number of nitrogens with one attached hydrogen (secondary N) is 3. The molecule has 0 spiro atoms. The second-order valence-corrected chi connectivity index (χ2v) is 8.27. The van der Waals surface area contributed by atoms with Crippen molar-refractivity contribution in [1.82, 2.24) is 16.0 Å². The van der Waals surface area contributed by atoms with Gasteiger partial charge in [-0.1, -0.05) is 18.2 Å². The highest BCUT2D eigenvalue weighted by Gasteiger charge is 2.23. The number of rotatable bonds is 10. The zero-order valence-corrected chi connectivity index (χ0v) is 21.5. The first kappa shape index (κ1) is 26.2. The number of halogens is 2. The first-order valence-electron chi connectivity index (χ1n) is 10.3. The molecular formula is C23H30FIN4O2S. The van der Waals surface area contributed by atoms with Crippen LogP contribution < -0.4 is 20.7 Å². The van der Waals surface area contributed by atoms with E-state index in [0.29, 0.717) is 30.8 Å². The number of aliphatic imine (C=N–C) groups is 1. The second-order valence-electron chi connectivity index (χ2n) is 7.40. The second kappa shape index (κ2) is 13.5. The van der Waals surface area contributed by atoms with Gasteiger partial charge in [0.05, 0.1) is 0 Å². The number of hydrogen-bond acceptors (Lipinski definition) is 4. The average molecular weight is 572 g/mol. The summed E-state index contributed by atoms with van der Waals surface area (Å²) in [6.07, 6.45) is 4.12. The lowest BCUT2D eigenvalue weighted by atomic mass is 10.1. The van der Waals surface area contributed by atoms with Gasteiger partial charge in [-0.05, 0) is 60.1 Å². The van der Waals surface area contributed by atoms with E-state index in [-0.39, 0.29) is 42.3 Å². The summed E-state index contributed by atoms with van der Waals surface area (Å²) in [6, 6.07) is 12.8. The highest BCUT2D eigenvalue weighted by atomic mass is 127. The summed E-state index contributed by atoms with van der Waals surface area (Å²) in [6.45, 7) is 1.12. The Morgan fingerprint density at radius 3 is 2.66 bits per heavy atom. The third-order valence-corrected chi connectivity index (χ3v) is 5.41. The number of carbonyl (C=O) groups excluding carboxylic acids is 1. The fraction of sp³-hybridized carbons (Fsp3) is 0.391. The van der Waals surface area contributed by atoms with Crippen molar-refractivity contribution >= 4 is 47.6 Å². The molecule has 3 rings (SSSR count). The van der Waals surface area contributed by atoms with Crippen molar-refractivity contribution in [3.8, 4) is 5.75 Å². The van der Waals surface area contributed by atoms with E-state index in [0.717, 1.165) is 35.3 Å². The molecule has 174 valence electrons. The Balaban J connectivity index is 0.00000363. The van der Waals surface area contributed by atoms with E-state index in [1.165, 1.54) is 6.07 Å². The van der Waals surface area contributed by atoms with Crippen molar-refractivity contribution in [2.75, 3.05) is 19.9 Å². The molecule has 0 radical (unpaired) electrons. The quantitative estimate of drug-likeness (QED) is 0.229. The molecule has 0 saturated heterocycles. The van der Waals surface area contributed by atoms with Crippen LogP contribution in [-0.4, -0.2) is 37.8 Å². The van der Waals surface area contributed by atoms with Crippen molar-refractivity contribution in [3.63, 3.8) is 0 Å². The molecule has 0 atom stereocenters. The molecule has 0 aliphatic heterocycles. The third kappa shape index (κ3) is 8.85. The van der Waals surface area contributed by atoms with E-state index in [1.807, 2.05) is 30.5 Å². The van der Waals surface area contributed by atoms with Gasteiger partial charge < -0.3 is 20.7 Å². The number of thioether (sulfide) groups is 1. The van der Waals surface area contributed by atoms with Gasteiger partial charge in [0.1, 0.15) is 11.6 Å². The average Bonchev–Trinajstić information content (AvgIpc) is 3.58. The van der Waals surface area contributed by atoms with Crippen LogP contribution in [0.25, 0.3) is 0 Å². The molecule has 9 heteroatoms.